The number of amides is 3. The highest BCUT2D eigenvalue weighted by Crippen LogP contribution is 2.26. The van der Waals surface area contributed by atoms with Gasteiger partial charge in [0.05, 0.1) is 5.69 Å². The molecule has 0 aromatic heterocycles. The lowest BCUT2D eigenvalue weighted by atomic mass is 9.93. The van der Waals surface area contributed by atoms with E-state index in [0.29, 0.717) is 37.8 Å². The SMILES string of the molecule is O=C(C(NC(=O)N(OC(=O)C(F)(F)F)c1ccc(Cl)cc1)c1ccccc1)N1CCN(C2CCCCC2)CC1. The Bertz CT molecular complexity index is 1140. The Kier molecular flexibility index (Phi) is 9.34. The Labute approximate surface area is 229 Å². The number of carbonyl (C=O) groups excluding carboxylic acids is 3. The minimum atomic E-state index is -5.35. The van der Waals surface area contributed by atoms with E-state index >= 15 is 0 Å². The summed E-state index contributed by atoms with van der Waals surface area (Å²) in [4.78, 5) is 47.1. The van der Waals surface area contributed by atoms with Gasteiger partial charge in [-0.05, 0) is 42.7 Å². The molecule has 2 aliphatic rings. The van der Waals surface area contributed by atoms with E-state index in [2.05, 4.69) is 15.1 Å². The minimum Gasteiger partial charge on any atom is -0.338 e. The molecule has 1 aliphatic heterocycles. The molecule has 2 aromatic rings. The van der Waals surface area contributed by atoms with Crippen molar-refractivity contribution in [2.24, 2.45) is 0 Å². The summed E-state index contributed by atoms with van der Waals surface area (Å²) in [6.45, 7) is 2.31. The van der Waals surface area contributed by atoms with E-state index in [1.807, 2.05) is 0 Å². The number of halogens is 4. The van der Waals surface area contributed by atoms with Crippen molar-refractivity contribution in [1.29, 1.82) is 0 Å². The number of hydrogen-bond acceptors (Lipinski definition) is 5. The molecule has 1 unspecified atom stereocenters. The predicted molar refractivity (Wildman–Crippen MR) is 139 cm³/mol. The first-order valence-corrected chi connectivity index (χ1v) is 13.2. The van der Waals surface area contributed by atoms with Gasteiger partial charge in [-0.1, -0.05) is 61.2 Å². The van der Waals surface area contributed by atoms with Gasteiger partial charge in [0, 0.05) is 37.2 Å². The number of nitrogens with zero attached hydrogens (tertiary/aromatic N) is 3. The van der Waals surface area contributed by atoms with E-state index < -0.39 is 30.1 Å². The van der Waals surface area contributed by atoms with E-state index in [1.54, 1.807) is 35.2 Å². The molecule has 1 atom stereocenters. The number of urea groups is 1. The summed E-state index contributed by atoms with van der Waals surface area (Å²) in [5.41, 5.74) is 0.249. The monoisotopic (exact) mass is 566 g/mol. The maximum absolute atomic E-state index is 13.7. The van der Waals surface area contributed by atoms with E-state index in [9.17, 15) is 27.6 Å². The van der Waals surface area contributed by atoms with Gasteiger partial charge >= 0.3 is 18.2 Å². The summed E-state index contributed by atoms with van der Waals surface area (Å²) in [6.07, 6.45) is 0.599. The molecule has 0 spiro atoms. The molecule has 1 saturated heterocycles. The Morgan fingerprint density at radius 2 is 1.54 bits per heavy atom. The van der Waals surface area contributed by atoms with Gasteiger partial charge in [-0.15, -0.1) is 5.06 Å². The van der Waals surface area contributed by atoms with Gasteiger partial charge in [0.15, 0.2) is 0 Å². The molecule has 8 nitrogen and oxygen atoms in total. The zero-order valence-corrected chi connectivity index (χ0v) is 22.0. The smallest absolute Gasteiger partial charge is 0.338 e. The second-order valence-electron chi connectivity index (χ2n) is 9.59. The van der Waals surface area contributed by atoms with Crippen LogP contribution in [-0.2, 0) is 14.4 Å². The van der Waals surface area contributed by atoms with Crippen LogP contribution >= 0.6 is 11.6 Å². The van der Waals surface area contributed by atoms with Crippen LogP contribution in [0.5, 0.6) is 0 Å². The van der Waals surface area contributed by atoms with E-state index in [1.165, 1.54) is 43.5 Å². The first-order chi connectivity index (χ1) is 18.6. The fourth-order valence-electron chi connectivity index (χ4n) is 4.97. The third kappa shape index (κ3) is 7.42. The average Bonchev–Trinajstić information content (AvgIpc) is 2.95. The first kappa shape index (κ1) is 28.7. The van der Waals surface area contributed by atoms with E-state index in [4.69, 9.17) is 11.6 Å². The molecule has 12 heteroatoms. The lowest BCUT2D eigenvalue weighted by Gasteiger charge is -2.41. The quantitative estimate of drug-likeness (QED) is 0.510. The highest BCUT2D eigenvalue weighted by atomic mass is 35.5. The molecule has 1 heterocycles. The van der Waals surface area contributed by atoms with Gasteiger partial charge in [-0.3, -0.25) is 9.69 Å². The van der Waals surface area contributed by atoms with Crippen molar-refractivity contribution in [2.45, 2.75) is 50.4 Å². The van der Waals surface area contributed by atoms with Gasteiger partial charge in [-0.2, -0.15) is 13.2 Å². The van der Waals surface area contributed by atoms with Crippen molar-refractivity contribution in [3.63, 3.8) is 0 Å². The van der Waals surface area contributed by atoms with Crippen LogP contribution in [-0.4, -0.2) is 66.1 Å². The van der Waals surface area contributed by atoms with Gasteiger partial charge < -0.3 is 15.1 Å². The summed E-state index contributed by atoms with van der Waals surface area (Å²) in [5, 5.41) is 2.91. The number of anilines is 1. The summed E-state index contributed by atoms with van der Waals surface area (Å²) >= 11 is 5.87. The molecule has 1 saturated carbocycles. The Hall–Kier alpha value is -3.31. The normalized spacial score (nSPS) is 17.8. The van der Waals surface area contributed by atoms with Gasteiger partial charge in [0.25, 0.3) is 0 Å². The average molecular weight is 567 g/mol. The molecule has 2 aromatic carbocycles. The lowest BCUT2D eigenvalue weighted by molar-refractivity contribution is -0.199. The predicted octanol–water partition coefficient (Wildman–Crippen LogP) is 5.09. The Morgan fingerprint density at radius 3 is 2.13 bits per heavy atom. The fourth-order valence-corrected chi connectivity index (χ4v) is 5.10. The third-order valence-electron chi connectivity index (χ3n) is 7.02. The van der Waals surface area contributed by atoms with Gasteiger partial charge in [0.1, 0.15) is 6.04 Å². The standard InChI is InChI=1S/C27H30ClF3N4O4/c28-20-11-13-22(14-12-20)35(39-25(37)27(29,30)31)26(38)32-23(19-7-3-1-4-8-19)24(36)34-17-15-33(16-18-34)21-9-5-2-6-10-21/h1,3-4,7-8,11-14,21,23H,2,5-6,9-10,15-18H2,(H,32,38). The summed E-state index contributed by atoms with van der Waals surface area (Å²) < 4.78 is 39.0. The van der Waals surface area contributed by atoms with Crippen molar-refractivity contribution < 1.29 is 32.4 Å². The summed E-state index contributed by atoms with van der Waals surface area (Å²) in [5.74, 6) is -3.00. The third-order valence-corrected chi connectivity index (χ3v) is 7.27. The van der Waals surface area contributed by atoms with Crippen LogP contribution in [0.25, 0.3) is 0 Å². The van der Waals surface area contributed by atoms with Crippen molar-refractivity contribution >= 4 is 35.2 Å². The molecule has 1 N–H and O–H groups in total. The summed E-state index contributed by atoms with van der Waals surface area (Å²) in [7, 11) is 0. The number of hydrogen-bond donors (Lipinski definition) is 1. The number of rotatable bonds is 5. The summed E-state index contributed by atoms with van der Waals surface area (Å²) in [6, 6.07) is 11.5. The molecule has 2 fully saturated rings. The van der Waals surface area contributed by atoms with Crippen LogP contribution in [0.3, 0.4) is 0 Å². The van der Waals surface area contributed by atoms with Crippen LogP contribution in [0.15, 0.2) is 54.6 Å². The Morgan fingerprint density at radius 1 is 0.923 bits per heavy atom. The van der Waals surface area contributed by atoms with Crippen molar-refractivity contribution in [3.8, 4) is 0 Å². The molecule has 3 amide bonds. The molecule has 39 heavy (non-hydrogen) atoms. The zero-order chi connectivity index (χ0) is 28.0. The van der Waals surface area contributed by atoms with Crippen LogP contribution in [0, 0.1) is 0 Å². The van der Waals surface area contributed by atoms with Crippen LogP contribution in [0.2, 0.25) is 5.02 Å². The van der Waals surface area contributed by atoms with Crippen molar-refractivity contribution in [3.05, 3.63) is 65.2 Å². The highest BCUT2D eigenvalue weighted by Gasteiger charge is 2.44. The number of benzene rings is 2. The molecule has 210 valence electrons. The van der Waals surface area contributed by atoms with Gasteiger partial charge in [0.2, 0.25) is 5.91 Å². The van der Waals surface area contributed by atoms with Crippen LogP contribution in [0.1, 0.15) is 43.7 Å². The van der Waals surface area contributed by atoms with Crippen molar-refractivity contribution in [1.82, 2.24) is 15.1 Å². The molecule has 4 rings (SSSR count). The maximum atomic E-state index is 13.7. The number of hydroxylamine groups is 1. The Balaban J connectivity index is 1.53. The van der Waals surface area contributed by atoms with Crippen molar-refractivity contribution in [2.75, 3.05) is 31.2 Å². The molecule has 0 radical (unpaired) electrons. The highest BCUT2D eigenvalue weighted by molar-refractivity contribution is 6.30. The molecule has 0 bridgehead atoms. The van der Waals surface area contributed by atoms with Crippen LogP contribution < -0.4 is 10.4 Å². The second kappa shape index (κ2) is 12.7. The second-order valence-corrected chi connectivity index (χ2v) is 10.0. The number of piperazine rings is 1. The maximum Gasteiger partial charge on any atom is 0.493 e. The number of nitrogens with one attached hydrogen (secondary N) is 1. The minimum absolute atomic E-state index is 0.177. The zero-order valence-electron chi connectivity index (χ0n) is 21.2. The molecule has 1 aliphatic carbocycles. The van der Waals surface area contributed by atoms with Crippen LogP contribution in [0.4, 0.5) is 23.7 Å². The topological polar surface area (TPSA) is 82.2 Å². The lowest BCUT2D eigenvalue weighted by Crippen LogP contribution is -2.55. The largest absolute Gasteiger partial charge is 0.493 e. The molecular formula is C27H30ClF3N4O4. The van der Waals surface area contributed by atoms with Gasteiger partial charge in [-0.25, -0.2) is 9.59 Å². The van der Waals surface area contributed by atoms with E-state index in [0.717, 1.165) is 12.8 Å². The first-order valence-electron chi connectivity index (χ1n) is 12.9. The fraction of sp³-hybridized carbons (Fsp3) is 0.444. The van der Waals surface area contributed by atoms with E-state index in [-0.39, 0.29) is 15.8 Å². The number of alkyl halides is 3. The number of carbonyl (C=O) groups is 3. The molecular weight excluding hydrogens is 537 g/mol.